The lowest BCUT2D eigenvalue weighted by Gasteiger charge is -2.16. The molecule has 1 aromatic carbocycles. The van der Waals surface area contributed by atoms with Gasteiger partial charge in [-0.25, -0.2) is 0 Å². The first-order valence-corrected chi connectivity index (χ1v) is 6.80. The smallest absolute Gasteiger partial charge is 0.0934 e. The van der Waals surface area contributed by atoms with E-state index < -0.39 is 0 Å². The van der Waals surface area contributed by atoms with Gasteiger partial charge in [0.1, 0.15) is 0 Å². The van der Waals surface area contributed by atoms with Crippen molar-refractivity contribution in [3.8, 4) is 0 Å². The third-order valence-corrected chi connectivity index (χ3v) is 3.27. The van der Waals surface area contributed by atoms with Gasteiger partial charge in [-0.15, -0.1) is 0 Å². The summed E-state index contributed by atoms with van der Waals surface area (Å²) < 4.78 is 6.09. The Morgan fingerprint density at radius 2 is 2.28 bits per heavy atom. The van der Waals surface area contributed by atoms with Crippen LogP contribution in [0, 0.1) is 0 Å². The Morgan fingerprint density at radius 1 is 1.44 bits per heavy atom. The second-order valence-corrected chi connectivity index (χ2v) is 5.27. The van der Waals surface area contributed by atoms with E-state index in [1.54, 1.807) is 7.11 Å². The van der Waals surface area contributed by atoms with E-state index in [1.807, 2.05) is 12.3 Å². The predicted molar refractivity (Wildman–Crippen MR) is 79.0 cm³/mol. The number of para-hydroxylation sites is 1. The molecule has 4 heteroatoms. The van der Waals surface area contributed by atoms with Gasteiger partial charge >= 0.3 is 0 Å². The largest absolute Gasteiger partial charge is 0.385 e. The molecule has 18 heavy (non-hydrogen) atoms. The fourth-order valence-electron chi connectivity index (χ4n) is 1.88. The van der Waals surface area contributed by atoms with Gasteiger partial charge in [0.2, 0.25) is 0 Å². The normalized spacial score (nSPS) is 12.6. The first-order chi connectivity index (χ1) is 8.70. The molecule has 0 amide bonds. The molecule has 1 unspecified atom stereocenters. The minimum Gasteiger partial charge on any atom is -0.385 e. The van der Waals surface area contributed by atoms with Crippen molar-refractivity contribution in [2.24, 2.45) is 0 Å². The van der Waals surface area contributed by atoms with Gasteiger partial charge in [-0.3, -0.25) is 4.98 Å². The zero-order valence-corrected chi connectivity index (χ0v) is 12.2. The number of pyridine rings is 1. The number of methoxy groups -OCH3 is 1. The molecule has 0 spiro atoms. The molecule has 1 N–H and O–H groups in total. The lowest BCUT2D eigenvalue weighted by Crippen LogP contribution is -2.17. The Balaban J connectivity index is 2.22. The van der Waals surface area contributed by atoms with Gasteiger partial charge in [-0.2, -0.15) is 0 Å². The first kappa shape index (κ1) is 13.3. The molecule has 0 aliphatic carbocycles. The molecule has 0 saturated heterocycles. The predicted octanol–water partition coefficient (Wildman–Crippen LogP) is 3.83. The number of fused-ring (bicyclic) bond motifs is 1. The number of nitrogens with zero attached hydrogens (tertiary/aromatic N) is 1. The maximum atomic E-state index is 5.09. The van der Waals surface area contributed by atoms with Crippen LogP contribution in [-0.4, -0.2) is 24.7 Å². The molecular weight excluding hydrogens is 292 g/mol. The van der Waals surface area contributed by atoms with E-state index in [4.69, 9.17) is 4.74 Å². The first-order valence-electron chi connectivity index (χ1n) is 6.00. The van der Waals surface area contributed by atoms with Crippen molar-refractivity contribution in [3.63, 3.8) is 0 Å². The summed E-state index contributed by atoms with van der Waals surface area (Å²) in [7, 11) is 1.73. The maximum absolute atomic E-state index is 5.09. The third kappa shape index (κ3) is 3.21. The Kier molecular flexibility index (Phi) is 4.55. The summed E-state index contributed by atoms with van der Waals surface area (Å²) in [5, 5.41) is 4.61. The molecule has 96 valence electrons. The number of nitrogens with one attached hydrogen (secondary N) is 1. The summed E-state index contributed by atoms with van der Waals surface area (Å²) in [5.74, 6) is 0. The molecule has 1 aromatic heterocycles. The number of aromatic nitrogens is 1. The number of halogens is 1. The molecule has 2 rings (SSSR count). The molecule has 0 aliphatic heterocycles. The lowest BCUT2D eigenvalue weighted by molar-refractivity contribution is 0.191. The van der Waals surface area contributed by atoms with Crippen molar-refractivity contribution >= 4 is 32.5 Å². The summed E-state index contributed by atoms with van der Waals surface area (Å²) in [6.07, 6.45) is 2.80. The molecule has 0 saturated carbocycles. The van der Waals surface area contributed by atoms with E-state index >= 15 is 0 Å². The van der Waals surface area contributed by atoms with E-state index in [0.717, 1.165) is 34.1 Å². The van der Waals surface area contributed by atoms with E-state index in [2.05, 4.69) is 51.4 Å². The van der Waals surface area contributed by atoms with Crippen molar-refractivity contribution in [1.29, 1.82) is 0 Å². The van der Waals surface area contributed by atoms with Crippen LogP contribution in [0.5, 0.6) is 0 Å². The molecule has 0 aliphatic rings. The van der Waals surface area contributed by atoms with Crippen LogP contribution in [0.3, 0.4) is 0 Å². The van der Waals surface area contributed by atoms with Gasteiger partial charge in [0, 0.05) is 35.8 Å². The summed E-state index contributed by atoms with van der Waals surface area (Å²) in [4.78, 5) is 4.47. The third-order valence-electron chi connectivity index (χ3n) is 2.83. The van der Waals surface area contributed by atoms with Crippen LogP contribution < -0.4 is 5.32 Å². The molecule has 0 bridgehead atoms. The zero-order valence-electron chi connectivity index (χ0n) is 10.6. The van der Waals surface area contributed by atoms with Gasteiger partial charge in [0.05, 0.1) is 11.2 Å². The average Bonchev–Trinajstić information content (AvgIpc) is 2.36. The number of hydrogen-bond acceptors (Lipinski definition) is 3. The van der Waals surface area contributed by atoms with Gasteiger partial charge in [-0.1, -0.05) is 12.1 Å². The van der Waals surface area contributed by atoms with Gasteiger partial charge in [-0.05, 0) is 41.4 Å². The monoisotopic (exact) mass is 308 g/mol. The minimum atomic E-state index is 0.362. The Morgan fingerprint density at radius 3 is 3.06 bits per heavy atom. The van der Waals surface area contributed by atoms with Gasteiger partial charge in [0.25, 0.3) is 0 Å². The number of rotatable bonds is 5. The molecule has 0 fully saturated rings. The lowest BCUT2D eigenvalue weighted by atomic mass is 10.1. The van der Waals surface area contributed by atoms with Crippen LogP contribution in [0.15, 0.2) is 34.9 Å². The van der Waals surface area contributed by atoms with E-state index in [-0.39, 0.29) is 0 Å². The van der Waals surface area contributed by atoms with Crippen molar-refractivity contribution in [1.82, 2.24) is 4.98 Å². The number of hydrogen-bond donors (Lipinski definition) is 1. The summed E-state index contributed by atoms with van der Waals surface area (Å²) in [5.41, 5.74) is 2.08. The molecule has 2 aromatic rings. The van der Waals surface area contributed by atoms with Crippen LogP contribution in [0.1, 0.15) is 13.3 Å². The summed E-state index contributed by atoms with van der Waals surface area (Å²) in [6, 6.07) is 8.61. The Labute approximate surface area is 116 Å². The highest BCUT2D eigenvalue weighted by atomic mass is 79.9. The van der Waals surface area contributed by atoms with Crippen LogP contribution in [-0.2, 0) is 4.74 Å². The molecule has 1 heterocycles. The highest BCUT2D eigenvalue weighted by Gasteiger charge is 2.06. The van der Waals surface area contributed by atoms with Crippen LogP contribution >= 0.6 is 15.9 Å². The van der Waals surface area contributed by atoms with E-state index in [9.17, 15) is 0 Å². The van der Waals surface area contributed by atoms with Gasteiger partial charge in [0.15, 0.2) is 0 Å². The van der Waals surface area contributed by atoms with Crippen LogP contribution in [0.4, 0.5) is 5.69 Å². The van der Waals surface area contributed by atoms with E-state index in [0.29, 0.717) is 6.04 Å². The topological polar surface area (TPSA) is 34.1 Å². The zero-order chi connectivity index (χ0) is 13.0. The fraction of sp³-hybridized carbons (Fsp3) is 0.357. The summed E-state index contributed by atoms with van der Waals surface area (Å²) in [6.45, 7) is 2.91. The fourth-order valence-corrected chi connectivity index (χ4v) is 2.23. The van der Waals surface area contributed by atoms with Crippen molar-refractivity contribution in [2.75, 3.05) is 19.0 Å². The Hall–Kier alpha value is -1.13. The highest BCUT2D eigenvalue weighted by Crippen LogP contribution is 2.24. The quantitative estimate of drug-likeness (QED) is 0.911. The number of benzene rings is 1. The van der Waals surface area contributed by atoms with E-state index in [1.165, 1.54) is 0 Å². The van der Waals surface area contributed by atoms with Crippen LogP contribution in [0.25, 0.3) is 10.9 Å². The molecule has 0 radical (unpaired) electrons. The SMILES string of the molecule is COCCC(C)Nc1cccc2cc(Br)cnc12. The second kappa shape index (κ2) is 6.16. The minimum absolute atomic E-state index is 0.362. The number of anilines is 1. The molecule has 3 nitrogen and oxygen atoms in total. The van der Waals surface area contributed by atoms with Crippen LogP contribution in [0.2, 0.25) is 0 Å². The van der Waals surface area contributed by atoms with Crippen molar-refractivity contribution in [2.45, 2.75) is 19.4 Å². The second-order valence-electron chi connectivity index (χ2n) is 4.36. The highest BCUT2D eigenvalue weighted by molar-refractivity contribution is 9.10. The Bertz CT molecular complexity index is 530. The summed E-state index contributed by atoms with van der Waals surface area (Å²) >= 11 is 3.44. The number of ether oxygens (including phenoxy) is 1. The maximum Gasteiger partial charge on any atom is 0.0934 e. The van der Waals surface area contributed by atoms with Crippen molar-refractivity contribution in [3.05, 3.63) is 34.9 Å². The molecule has 1 atom stereocenters. The van der Waals surface area contributed by atoms with Gasteiger partial charge < -0.3 is 10.1 Å². The average molecular weight is 309 g/mol. The van der Waals surface area contributed by atoms with Crippen molar-refractivity contribution < 1.29 is 4.74 Å². The standard InChI is InChI=1S/C14H17BrN2O/c1-10(6-7-18-2)17-13-5-3-4-11-8-12(15)9-16-14(11)13/h3-5,8-10,17H,6-7H2,1-2H3. The molecular formula is C14H17BrN2O.